The van der Waals surface area contributed by atoms with Crippen molar-refractivity contribution in [2.75, 3.05) is 11.5 Å². The van der Waals surface area contributed by atoms with Gasteiger partial charge in [-0.25, -0.2) is 0 Å². The van der Waals surface area contributed by atoms with E-state index in [1.807, 2.05) is 29.6 Å². The van der Waals surface area contributed by atoms with Crippen LogP contribution in [-0.4, -0.2) is 32.0 Å². The van der Waals surface area contributed by atoms with E-state index in [1.165, 1.54) is 5.75 Å². The first-order valence-electron chi connectivity index (χ1n) is 6.11. The molecule has 0 saturated carbocycles. The quantitative estimate of drug-likeness (QED) is 0.916. The van der Waals surface area contributed by atoms with Gasteiger partial charge in [0, 0.05) is 16.8 Å². The van der Waals surface area contributed by atoms with Crippen molar-refractivity contribution in [3.63, 3.8) is 0 Å². The van der Waals surface area contributed by atoms with Crippen LogP contribution in [0.4, 0.5) is 0 Å². The van der Waals surface area contributed by atoms with E-state index in [2.05, 4.69) is 17.1 Å². The number of benzene rings is 1. The summed E-state index contributed by atoms with van der Waals surface area (Å²) >= 11 is 3.81. The Morgan fingerprint density at radius 2 is 2.05 bits per heavy atom. The van der Waals surface area contributed by atoms with Crippen LogP contribution in [0.5, 0.6) is 5.75 Å². The Bertz CT molecular complexity index is 573. The summed E-state index contributed by atoms with van der Waals surface area (Å²) in [4.78, 5) is 4.44. The first-order valence-corrected chi connectivity index (χ1v) is 8.20. The van der Waals surface area contributed by atoms with Gasteiger partial charge in [0.25, 0.3) is 5.89 Å². The molecule has 1 aliphatic rings. The largest absolute Gasteiger partial charge is 0.507 e. The van der Waals surface area contributed by atoms with Gasteiger partial charge in [-0.05, 0) is 12.1 Å². The fourth-order valence-electron chi connectivity index (χ4n) is 2.03. The van der Waals surface area contributed by atoms with Crippen molar-refractivity contribution in [1.82, 2.24) is 10.1 Å². The predicted octanol–water partition coefficient (Wildman–Crippen LogP) is 3.35. The number of aromatic nitrogens is 2. The second-order valence-corrected chi connectivity index (χ2v) is 7.08. The highest BCUT2D eigenvalue weighted by atomic mass is 32.2. The molecule has 0 radical (unpaired) electrons. The smallest absolute Gasteiger partial charge is 0.261 e. The van der Waals surface area contributed by atoms with Crippen LogP contribution in [0.2, 0.25) is 0 Å². The maximum atomic E-state index is 9.80. The molecule has 1 saturated heterocycles. The molecule has 6 heteroatoms. The normalized spacial score (nSPS) is 23.4. The van der Waals surface area contributed by atoms with Gasteiger partial charge >= 0.3 is 0 Å². The van der Waals surface area contributed by atoms with Gasteiger partial charge in [-0.3, -0.25) is 0 Å². The highest BCUT2D eigenvalue weighted by Crippen LogP contribution is 2.41. The van der Waals surface area contributed by atoms with Gasteiger partial charge in [-0.2, -0.15) is 16.7 Å². The molecule has 2 unspecified atom stereocenters. The van der Waals surface area contributed by atoms with Crippen LogP contribution in [0.1, 0.15) is 18.0 Å². The molecule has 0 amide bonds. The van der Waals surface area contributed by atoms with Crippen LogP contribution in [0.3, 0.4) is 0 Å². The molecule has 1 aromatic heterocycles. The number of hydrogen-bond donors (Lipinski definition) is 1. The SMILES string of the molecule is CC1SCCSC1c1noc(-c2ccccc2O)n1. The number of para-hydroxylation sites is 1. The third-order valence-electron chi connectivity index (χ3n) is 3.02. The first kappa shape index (κ1) is 12.9. The van der Waals surface area contributed by atoms with E-state index < -0.39 is 0 Å². The molecule has 0 aliphatic carbocycles. The fraction of sp³-hybridized carbons (Fsp3) is 0.385. The third-order valence-corrected chi connectivity index (χ3v) is 6.10. The monoisotopic (exact) mass is 294 g/mol. The zero-order valence-corrected chi connectivity index (χ0v) is 12.1. The summed E-state index contributed by atoms with van der Waals surface area (Å²) in [5.74, 6) is 3.56. The predicted molar refractivity (Wildman–Crippen MR) is 78.5 cm³/mol. The van der Waals surface area contributed by atoms with Crippen LogP contribution >= 0.6 is 23.5 Å². The lowest BCUT2D eigenvalue weighted by Crippen LogP contribution is -2.16. The van der Waals surface area contributed by atoms with Gasteiger partial charge in [-0.15, -0.1) is 11.8 Å². The Labute approximate surface area is 120 Å². The number of nitrogens with zero attached hydrogens (tertiary/aromatic N) is 2. The minimum Gasteiger partial charge on any atom is -0.507 e. The Morgan fingerprint density at radius 3 is 2.84 bits per heavy atom. The molecule has 1 aliphatic heterocycles. The molecule has 2 atom stereocenters. The van der Waals surface area contributed by atoms with Crippen LogP contribution in [-0.2, 0) is 0 Å². The van der Waals surface area contributed by atoms with Crippen molar-refractivity contribution >= 4 is 23.5 Å². The van der Waals surface area contributed by atoms with Crippen molar-refractivity contribution in [2.24, 2.45) is 0 Å². The molecule has 19 heavy (non-hydrogen) atoms. The summed E-state index contributed by atoms with van der Waals surface area (Å²) in [5, 5.41) is 14.6. The topological polar surface area (TPSA) is 59.2 Å². The highest BCUT2D eigenvalue weighted by Gasteiger charge is 2.28. The van der Waals surface area contributed by atoms with E-state index in [-0.39, 0.29) is 11.0 Å². The van der Waals surface area contributed by atoms with Gasteiger partial charge in [-0.1, -0.05) is 24.2 Å². The molecule has 2 aromatic rings. The zero-order chi connectivity index (χ0) is 13.2. The Hall–Kier alpha value is -1.14. The second-order valence-electron chi connectivity index (χ2n) is 4.34. The van der Waals surface area contributed by atoms with Crippen LogP contribution in [0.15, 0.2) is 28.8 Å². The average Bonchev–Trinajstić information content (AvgIpc) is 2.89. The summed E-state index contributed by atoms with van der Waals surface area (Å²) in [7, 11) is 0. The van der Waals surface area contributed by atoms with Gasteiger partial charge < -0.3 is 9.63 Å². The number of phenols is 1. The van der Waals surface area contributed by atoms with E-state index in [0.717, 1.165) is 11.6 Å². The van der Waals surface area contributed by atoms with Crippen molar-refractivity contribution < 1.29 is 9.63 Å². The molecule has 1 N–H and O–H groups in total. The maximum absolute atomic E-state index is 9.80. The van der Waals surface area contributed by atoms with E-state index >= 15 is 0 Å². The maximum Gasteiger partial charge on any atom is 0.261 e. The lowest BCUT2D eigenvalue weighted by molar-refractivity contribution is 0.417. The summed E-state index contributed by atoms with van der Waals surface area (Å²) in [5.41, 5.74) is 0.586. The lowest BCUT2D eigenvalue weighted by Gasteiger charge is -2.24. The first-order chi connectivity index (χ1) is 9.25. The van der Waals surface area contributed by atoms with Gasteiger partial charge in [0.05, 0.1) is 10.8 Å². The summed E-state index contributed by atoms with van der Waals surface area (Å²) in [6, 6.07) is 7.00. The fourth-order valence-corrected chi connectivity index (χ4v) is 4.71. The summed E-state index contributed by atoms with van der Waals surface area (Å²) < 4.78 is 5.29. The second kappa shape index (κ2) is 5.46. The molecule has 3 rings (SSSR count). The molecule has 0 bridgehead atoms. The third kappa shape index (κ3) is 2.60. The number of hydrogen-bond acceptors (Lipinski definition) is 6. The number of thioether (sulfide) groups is 2. The zero-order valence-electron chi connectivity index (χ0n) is 10.4. The minimum absolute atomic E-state index is 0.163. The number of aromatic hydroxyl groups is 1. The van der Waals surface area contributed by atoms with E-state index in [4.69, 9.17) is 4.52 Å². The van der Waals surface area contributed by atoms with E-state index in [9.17, 15) is 5.11 Å². The molecule has 1 fully saturated rings. The van der Waals surface area contributed by atoms with Crippen LogP contribution < -0.4 is 0 Å². The van der Waals surface area contributed by atoms with Gasteiger partial charge in [0.2, 0.25) is 0 Å². The van der Waals surface area contributed by atoms with E-state index in [0.29, 0.717) is 16.7 Å². The summed E-state index contributed by atoms with van der Waals surface area (Å²) in [6.45, 7) is 2.19. The van der Waals surface area contributed by atoms with Crippen molar-refractivity contribution in [3.05, 3.63) is 30.1 Å². The average molecular weight is 294 g/mol. The number of rotatable bonds is 2. The molecule has 0 spiro atoms. The molecular formula is C13H14N2O2S2. The Balaban J connectivity index is 1.89. The molecule has 100 valence electrons. The van der Waals surface area contributed by atoms with Crippen LogP contribution in [0, 0.1) is 0 Å². The molecular weight excluding hydrogens is 280 g/mol. The molecule has 2 heterocycles. The Kier molecular flexibility index (Phi) is 3.70. The van der Waals surface area contributed by atoms with Crippen LogP contribution in [0.25, 0.3) is 11.5 Å². The molecule has 1 aromatic carbocycles. The lowest BCUT2D eigenvalue weighted by atomic mass is 10.2. The van der Waals surface area contributed by atoms with Crippen molar-refractivity contribution in [3.8, 4) is 17.2 Å². The Morgan fingerprint density at radius 1 is 1.26 bits per heavy atom. The minimum atomic E-state index is 0.163. The van der Waals surface area contributed by atoms with Crippen molar-refractivity contribution in [1.29, 1.82) is 0 Å². The highest BCUT2D eigenvalue weighted by molar-refractivity contribution is 8.06. The summed E-state index contributed by atoms with van der Waals surface area (Å²) in [6.07, 6.45) is 0. The molecule has 4 nitrogen and oxygen atoms in total. The standard InChI is InChI=1S/C13H14N2O2S2/c1-8-11(19-7-6-18-8)12-14-13(17-15-12)9-4-2-3-5-10(9)16/h2-5,8,11,16H,6-7H2,1H3. The van der Waals surface area contributed by atoms with E-state index in [1.54, 1.807) is 18.2 Å². The van der Waals surface area contributed by atoms with Gasteiger partial charge in [0.1, 0.15) is 5.75 Å². The van der Waals surface area contributed by atoms with Crippen molar-refractivity contribution in [2.45, 2.75) is 17.4 Å². The van der Waals surface area contributed by atoms with Gasteiger partial charge in [0.15, 0.2) is 5.82 Å². The number of phenolic OH excluding ortho intramolecular Hbond substituents is 1.